The zero-order chi connectivity index (χ0) is 12.6. The molecule has 17 heavy (non-hydrogen) atoms. The highest BCUT2D eigenvalue weighted by Crippen LogP contribution is 2.37. The van der Waals surface area contributed by atoms with Gasteiger partial charge in [0.15, 0.2) is 0 Å². The molecule has 90 valence electrons. The van der Waals surface area contributed by atoms with Crippen LogP contribution in [0, 0.1) is 0 Å². The lowest BCUT2D eigenvalue weighted by atomic mass is 10.0. The standard InChI is InChI=1S/C10H9F3N4/c1-17-15-5-9(16-17)7-4-6(14)2-3-8(7)10(11,12)13/h2-5H,14H2,1H3. The fraction of sp³-hybridized carbons (Fsp3) is 0.200. The van der Waals surface area contributed by atoms with E-state index in [1.165, 1.54) is 30.2 Å². The Labute approximate surface area is 94.9 Å². The Morgan fingerprint density at radius 2 is 2.00 bits per heavy atom. The molecular formula is C10H9F3N4. The maximum Gasteiger partial charge on any atom is 0.417 e. The van der Waals surface area contributed by atoms with Crippen LogP contribution in [0.4, 0.5) is 18.9 Å². The zero-order valence-corrected chi connectivity index (χ0v) is 8.86. The largest absolute Gasteiger partial charge is 0.417 e. The Hall–Kier alpha value is -2.05. The van der Waals surface area contributed by atoms with Gasteiger partial charge in [-0.2, -0.15) is 28.2 Å². The molecule has 0 saturated heterocycles. The van der Waals surface area contributed by atoms with Crippen molar-refractivity contribution in [1.82, 2.24) is 15.0 Å². The number of rotatable bonds is 1. The lowest BCUT2D eigenvalue weighted by Gasteiger charge is -2.11. The second-order valence-corrected chi connectivity index (χ2v) is 3.52. The molecule has 2 aromatic rings. The molecule has 0 aliphatic rings. The highest BCUT2D eigenvalue weighted by atomic mass is 19.4. The number of alkyl halides is 3. The lowest BCUT2D eigenvalue weighted by molar-refractivity contribution is -0.137. The molecule has 0 aliphatic heterocycles. The van der Waals surface area contributed by atoms with Gasteiger partial charge in [0.1, 0.15) is 5.69 Å². The highest BCUT2D eigenvalue weighted by molar-refractivity contribution is 5.68. The lowest BCUT2D eigenvalue weighted by Crippen LogP contribution is -2.08. The van der Waals surface area contributed by atoms with E-state index >= 15 is 0 Å². The van der Waals surface area contributed by atoms with Crippen LogP contribution in [0.3, 0.4) is 0 Å². The fourth-order valence-corrected chi connectivity index (χ4v) is 1.49. The fourth-order valence-electron chi connectivity index (χ4n) is 1.49. The number of hydrogen-bond acceptors (Lipinski definition) is 3. The molecule has 1 aromatic carbocycles. The molecular weight excluding hydrogens is 233 g/mol. The molecule has 2 rings (SSSR count). The van der Waals surface area contributed by atoms with Crippen LogP contribution in [0.2, 0.25) is 0 Å². The predicted molar refractivity (Wildman–Crippen MR) is 55.9 cm³/mol. The molecule has 0 bridgehead atoms. The van der Waals surface area contributed by atoms with Crippen molar-refractivity contribution in [3.8, 4) is 11.3 Å². The number of nitrogens with two attached hydrogens (primary N) is 1. The number of anilines is 1. The molecule has 0 fully saturated rings. The first kappa shape index (κ1) is 11.4. The van der Waals surface area contributed by atoms with E-state index in [0.29, 0.717) is 0 Å². The van der Waals surface area contributed by atoms with Gasteiger partial charge in [0, 0.05) is 18.3 Å². The van der Waals surface area contributed by atoms with E-state index < -0.39 is 11.7 Å². The number of nitrogens with zero attached hydrogens (tertiary/aromatic N) is 3. The smallest absolute Gasteiger partial charge is 0.399 e. The van der Waals surface area contributed by atoms with E-state index in [2.05, 4.69) is 10.2 Å². The third-order valence-corrected chi connectivity index (χ3v) is 2.22. The average Bonchev–Trinajstić information content (AvgIpc) is 2.62. The third-order valence-electron chi connectivity index (χ3n) is 2.22. The number of aromatic nitrogens is 3. The van der Waals surface area contributed by atoms with Crippen molar-refractivity contribution in [2.24, 2.45) is 7.05 Å². The number of benzene rings is 1. The van der Waals surface area contributed by atoms with Crippen LogP contribution in [-0.2, 0) is 13.2 Å². The summed E-state index contributed by atoms with van der Waals surface area (Å²) >= 11 is 0. The van der Waals surface area contributed by atoms with Crippen LogP contribution in [0.25, 0.3) is 11.3 Å². The monoisotopic (exact) mass is 242 g/mol. The van der Waals surface area contributed by atoms with Crippen molar-refractivity contribution >= 4 is 5.69 Å². The first-order valence-corrected chi connectivity index (χ1v) is 4.71. The highest BCUT2D eigenvalue weighted by Gasteiger charge is 2.34. The average molecular weight is 242 g/mol. The molecule has 7 heteroatoms. The summed E-state index contributed by atoms with van der Waals surface area (Å²) in [4.78, 5) is 1.19. The molecule has 1 heterocycles. The van der Waals surface area contributed by atoms with Crippen LogP contribution in [0.1, 0.15) is 5.56 Å². The van der Waals surface area contributed by atoms with E-state index in [1.807, 2.05) is 0 Å². The minimum atomic E-state index is -4.44. The summed E-state index contributed by atoms with van der Waals surface area (Å²) in [5.74, 6) is 0. The summed E-state index contributed by atoms with van der Waals surface area (Å²) in [6, 6.07) is 3.40. The van der Waals surface area contributed by atoms with Crippen LogP contribution >= 0.6 is 0 Å². The Bertz CT molecular complexity index is 545. The van der Waals surface area contributed by atoms with Gasteiger partial charge in [0.25, 0.3) is 0 Å². The second-order valence-electron chi connectivity index (χ2n) is 3.52. The second kappa shape index (κ2) is 3.76. The number of hydrogen-bond donors (Lipinski definition) is 1. The summed E-state index contributed by atoms with van der Waals surface area (Å²) in [6.45, 7) is 0. The van der Waals surface area contributed by atoms with Crippen LogP contribution in [-0.4, -0.2) is 15.0 Å². The van der Waals surface area contributed by atoms with Crippen molar-refractivity contribution in [2.45, 2.75) is 6.18 Å². The van der Waals surface area contributed by atoms with Gasteiger partial charge < -0.3 is 5.73 Å². The zero-order valence-electron chi connectivity index (χ0n) is 8.86. The molecule has 0 atom stereocenters. The quantitative estimate of drug-likeness (QED) is 0.779. The van der Waals surface area contributed by atoms with Crippen molar-refractivity contribution < 1.29 is 13.2 Å². The summed E-state index contributed by atoms with van der Waals surface area (Å²) in [7, 11) is 1.53. The van der Waals surface area contributed by atoms with E-state index in [1.54, 1.807) is 0 Å². The normalized spacial score (nSPS) is 11.8. The van der Waals surface area contributed by atoms with Gasteiger partial charge in [-0.05, 0) is 18.2 Å². The Balaban J connectivity index is 2.63. The van der Waals surface area contributed by atoms with Gasteiger partial charge in [-0.3, -0.25) is 0 Å². The molecule has 0 spiro atoms. The molecule has 4 nitrogen and oxygen atoms in total. The molecule has 0 unspecified atom stereocenters. The van der Waals surface area contributed by atoms with Gasteiger partial charge in [-0.15, -0.1) is 0 Å². The Kier molecular flexibility index (Phi) is 2.53. The molecule has 1 aromatic heterocycles. The maximum absolute atomic E-state index is 12.8. The number of nitrogen functional groups attached to an aromatic ring is 1. The predicted octanol–water partition coefficient (Wildman–Crippen LogP) is 2.08. The SMILES string of the molecule is Cn1ncc(-c2cc(N)ccc2C(F)(F)F)n1. The Morgan fingerprint density at radius 3 is 2.53 bits per heavy atom. The van der Waals surface area contributed by atoms with Crippen LogP contribution in [0.5, 0.6) is 0 Å². The van der Waals surface area contributed by atoms with Crippen molar-refractivity contribution in [3.63, 3.8) is 0 Å². The van der Waals surface area contributed by atoms with Crippen LogP contribution < -0.4 is 5.73 Å². The van der Waals surface area contributed by atoms with E-state index in [9.17, 15) is 13.2 Å². The number of halogens is 3. The maximum atomic E-state index is 12.8. The summed E-state index contributed by atoms with van der Waals surface area (Å²) < 4.78 is 38.3. The molecule has 0 amide bonds. The molecule has 0 radical (unpaired) electrons. The summed E-state index contributed by atoms with van der Waals surface area (Å²) in [6.07, 6.45) is -3.18. The van der Waals surface area contributed by atoms with Gasteiger partial charge in [-0.1, -0.05) is 0 Å². The first-order valence-electron chi connectivity index (χ1n) is 4.71. The number of aryl methyl sites for hydroxylation is 1. The van der Waals surface area contributed by atoms with Gasteiger partial charge in [-0.25, -0.2) is 0 Å². The van der Waals surface area contributed by atoms with Gasteiger partial charge >= 0.3 is 6.18 Å². The van der Waals surface area contributed by atoms with E-state index in [4.69, 9.17) is 5.73 Å². The summed E-state index contributed by atoms with van der Waals surface area (Å²) in [5.41, 5.74) is 5.05. The first-order chi connectivity index (χ1) is 7.88. The van der Waals surface area contributed by atoms with Crippen molar-refractivity contribution in [3.05, 3.63) is 30.0 Å². The van der Waals surface area contributed by atoms with Crippen molar-refractivity contribution in [2.75, 3.05) is 5.73 Å². The van der Waals surface area contributed by atoms with E-state index in [-0.39, 0.29) is 16.9 Å². The molecule has 0 saturated carbocycles. The van der Waals surface area contributed by atoms with Gasteiger partial charge in [0.05, 0.1) is 11.8 Å². The van der Waals surface area contributed by atoms with Gasteiger partial charge in [0.2, 0.25) is 0 Å². The molecule has 2 N–H and O–H groups in total. The third kappa shape index (κ3) is 2.22. The minimum Gasteiger partial charge on any atom is -0.399 e. The molecule has 0 aliphatic carbocycles. The topological polar surface area (TPSA) is 56.7 Å². The summed E-state index contributed by atoms with van der Waals surface area (Å²) in [5, 5.41) is 7.59. The minimum absolute atomic E-state index is 0.0643. The van der Waals surface area contributed by atoms with Crippen LogP contribution in [0.15, 0.2) is 24.4 Å². The van der Waals surface area contributed by atoms with E-state index in [0.717, 1.165) is 6.07 Å². The Morgan fingerprint density at radius 1 is 1.29 bits per heavy atom. The van der Waals surface area contributed by atoms with Crippen molar-refractivity contribution in [1.29, 1.82) is 0 Å².